The van der Waals surface area contributed by atoms with Gasteiger partial charge in [0.25, 0.3) is 5.69 Å². The molecule has 0 fully saturated rings. The van der Waals surface area contributed by atoms with Gasteiger partial charge in [0, 0.05) is 30.6 Å². The van der Waals surface area contributed by atoms with Gasteiger partial charge in [-0.1, -0.05) is 0 Å². The molecule has 2 rings (SSSR count). The molecule has 2 aromatic rings. The van der Waals surface area contributed by atoms with Crippen molar-refractivity contribution in [3.05, 3.63) is 58.2 Å². The molecule has 0 unspecified atom stereocenters. The molecule has 98 valence electrons. The van der Waals surface area contributed by atoms with E-state index in [0.29, 0.717) is 17.7 Å². The lowest BCUT2D eigenvalue weighted by Gasteiger charge is -2.08. The van der Waals surface area contributed by atoms with Crippen molar-refractivity contribution in [2.75, 3.05) is 5.32 Å². The molecule has 0 spiro atoms. The van der Waals surface area contributed by atoms with Crippen molar-refractivity contribution >= 4 is 11.4 Å². The molecule has 0 saturated carbocycles. The Kier molecular flexibility index (Phi) is 3.60. The first kappa shape index (κ1) is 12.8. The van der Waals surface area contributed by atoms with E-state index in [1.54, 1.807) is 0 Å². The van der Waals surface area contributed by atoms with Gasteiger partial charge < -0.3 is 5.32 Å². The standard InChI is InChI=1S/C11H8F2N4O2/c12-8-1-9(13)11(10(2-8)17(18)19)16-5-7-3-14-6-15-4-7/h1-4,6,16H,5H2. The van der Waals surface area contributed by atoms with E-state index in [0.717, 1.165) is 0 Å². The number of nitrogens with one attached hydrogen (secondary N) is 1. The van der Waals surface area contributed by atoms with Crippen molar-refractivity contribution in [1.29, 1.82) is 0 Å². The van der Waals surface area contributed by atoms with Gasteiger partial charge in [-0.3, -0.25) is 10.1 Å². The molecule has 6 nitrogen and oxygen atoms in total. The number of anilines is 1. The van der Waals surface area contributed by atoms with Gasteiger partial charge in [0.15, 0.2) is 5.82 Å². The van der Waals surface area contributed by atoms with E-state index in [4.69, 9.17) is 0 Å². The molecule has 19 heavy (non-hydrogen) atoms. The third-order valence-corrected chi connectivity index (χ3v) is 2.31. The van der Waals surface area contributed by atoms with Gasteiger partial charge in [0.2, 0.25) is 0 Å². The largest absolute Gasteiger partial charge is 0.373 e. The van der Waals surface area contributed by atoms with E-state index in [9.17, 15) is 18.9 Å². The average molecular weight is 266 g/mol. The summed E-state index contributed by atoms with van der Waals surface area (Å²) in [6, 6.07) is 1.24. The molecular formula is C11H8F2N4O2. The molecule has 8 heteroatoms. The number of nitrogens with zero attached hydrogens (tertiary/aromatic N) is 3. The van der Waals surface area contributed by atoms with Crippen molar-refractivity contribution in [2.24, 2.45) is 0 Å². The first-order valence-corrected chi connectivity index (χ1v) is 5.19. The highest BCUT2D eigenvalue weighted by atomic mass is 19.1. The highest BCUT2D eigenvalue weighted by molar-refractivity contribution is 5.62. The van der Waals surface area contributed by atoms with Crippen LogP contribution in [0.1, 0.15) is 5.56 Å². The van der Waals surface area contributed by atoms with Crippen LogP contribution in [-0.2, 0) is 6.54 Å². The van der Waals surface area contributed by atoms with Crippen LogP contribution >= 0.6 is 0 Å². The van der Waals surface area contributed by atoms with Crippen LogP contribution in [-0.4, -0.2) is 14.9 Å². The van der Waals surface area contributed by atoms with Gasteiger partial charge in [-0.05, 0) is 0 Å². The van der Waals surface area contributed by atoms with Gasteiger partial charge in [0.05, 0.1) is 11.0 Å². The van der Waals surface area contributed by atoms with Crippen LogP contribution in [0.4, 0.5) is 20.2 Å². The predicted molar refractivity (Wildman–Crippen MR) is 62.4 cm³/mol. The van der Waals surface area contributed by atoms with Crippen LogP contribution in [0, 0.1) is 21.7 Å². The molecule has 0 atom stereocenters. The van der Waals surface area contributed by atoms with E-state index < -0.39 is 22.2 Å². The lowest BCUT2D eigenvalue weighted by Crippen LogP contribution is -2.06. The molecule has 0 amide bonds. The SMILES string of the molecule is O=[N+]([O-])c1cc(F)cc(F)c1NCc1cncnc1. The maximum Gasteiger partial charge on any atom is 0.298 e. The maximum atomic E-state index is 13.5. The molecule has 1 aromatic heterocycles. The van der Waals surface area contributed by atoms with E-state index in [1.807, 2.05) is 0 Å². The maximum absolute atomic E-state index is 13.5. The van der Waals surface area contributed by atoms with E-state index in [-0.39, 0.29) is 12.2 Å². The zero-order valence-corrected chi connectivity index (χ0v) is 9.51. The Balaban J connectivity index is 2.27. The Morgan fingerprint density at radius 1 is 1.26 bits per heavy atom. The highest BCUT2D eigenvalue weighted by Crippen LogP contribution is 2.28. The summed E-state index contributed by atoms with van der Waals surface area (Å²) in [7, 11) is 0. The van der Waals surface area contributed by atoms with Crippen LogP contribution in [0.3, 0.4) is 0 Å². The van der Waals surface area contributed by atoms with E-state index >= 15 is 0 Å². The normalized spacial score (nSPS) is 10.2. The lowest BCUT2D eigenvalue weighted by atomic mass is 10.2. The molecule has 1 heterocycles. The number of benzene rings is 1. The van der Waals surface area contributed by atoms with Gasteiger partial charge in [-0.15, -0.1) is 0 Å². The minimum atomic E-state index is -1.02. The van der Waals surface area contributed by atoms with Crippen LogP contribution in [0.5, 0.6) is 0 Å². The summed E-state index contributed by atoms with van der Waals surface area (Å²) < 4.78 is 26.5. The molecule has 0 aliphatic heterocycles. The van der Waals surface area contributed by atoms with E-state index in [2.05, 4.69) is 15.3 Å². The average Bonchev–Trinajstić information content (AvgIpc) is 2.38. The second-order valence-electron chi connectivity index (χ2n) is 3.64. The molecule has 0 radical (unpaired) electrons. The number of nitro groups is 1. The molecule has 1 aromatic carbocycles. The number of halogens is 2. The fourth-order valence-electron chi connectivity index (χ4n) is 1.49. The summed E-state index contributed by atoms with van der Waals surface area (Å²) in [5.74, 6) is -2.03. The third-order valence-electron chi connectivity index (χ3n) is 2.31. The Labute approximate surface area is 106 Å². The number of hydrogen-bond donors (Lipinski definition) is 1. The molecular weight excluding hydrogens is 258 g/mol. The number of hydrogen-bond acceptors (Lipinski definition) is 5. The predicted octanol–water partition coefficient (Wildman–Crippen LogP) is 2.28. The molecule has 0 saturated heterocycles. The zero-order valence-electron chi connectivity index (χ0n) is 9.51. The summed E-state index contributed by atoms with van der Waals surface area (Å²) in [5.41, 5.74) is -0.412. The van der Waals surface area contributed by atoms with Gasteiger partial charge >= 0.3 is 0 Å². The van der Waals surface area contributed by atoms with Gasteiger partial charge in [-0.2, -0.15) is 0 Å². The molecule has 1 N–H and O–H groups in total. The summed E-state index contributed by atoms with van der Waals surface area (Å²) in [5, 5.41) is 13.3. The third kappa shape index (κ3) is 2.97. The van der Waals surface area contributed by atoms with Crippen molar-refractivity contribution < 1.29 is 13.7 Å². The van der Waals surface area contributed by atoms with Crippen LogP contribution in [0.15, 0.2) is 30.9 Å². The van der Waals surface area contributed by atoms with Crippen molar-refractivity contribution in [1.82, 2.24) is 9.97 Å². The Hall–Kier alpha value is -2.64. The monoisotopic (exact) mass is 266 g/mol. The zero-order chi connectivity index (χ0) is 13.8. The van der Waals surface area contributed by atoms with Crippen LogP contribution in [0.2, 0.25) is 0 Å². The molecule has 0 bridgehead atoms. The van der Waals surface area contributed by atoms with Crippen LogP contribution in [0.25, 0.3) is 0 Å². The smallest absolute Gasteiger partial charge is 0.298 e. The molecule has 0 aliphatic rings. The van der Waals surface area contributed by atoms with Crippen molar-refractivity contribution in [3.63, 3.8) is 0 Å². The first-order chi connectivity index (χ1) is 9.08. The number of rotatable bonds is 4. The fourth-order valence-corrected chi connectivity index (χ4v) is 1.49. The first-order valence-electron chi connectivity index (χ1n) is 5.19. The Bertz CT molecular complexity index is 607. The topological polar surface area (TPSA) is 81.0 Å². The van der Waals surface area contributed by atoms with Gasteiger partial charge in [-0.25, -0.2) is 18.7 Å². The lowest BCUT2D eigenvalue weighted by molar-refractivity contribution is -0.384. The summed E-state index contributed by atoms with van der Waals surface area (Å²) in [4.78, 5) is 17.4. The minimum absolute atomic E-state index is 0.0875. The second-order valence-corrected chi connectivity index (χ2v) is 3.64. The highest BCUT2D eigenvalue weighted by Gasteiger charge is 2.20. The van der Waals surface area contributed by atoms with Crippen molar-refractivity contribution in [2.45, 2.75) is 6.54 Å². The van der Waals surface area contributed by atoms with Crippen molar-refractivity contribution in [3.8, 4) is 0 Å². The number of aromatic nitrogens is 2. The Morgan fingerprint density at radius 2 is 1.95 bits per heavy atom. The second kappa shape index (κ2) is 5.34. The summed E-state index contributed by atoms with van der Waals surface area (Å²) >= 11 is 0. The van der Waals surface area contributed by atoms with E-state index in [1.165, 1.54) is 18.7 Å². The number of nitro benzene ring substituents is 1. The molecule has 0 aliphatic carbocycles. The summed E-state index contributed by atoms with van der Waals surface area (Å²) in [6.07, 6.45) is 4.28. The van der Waals surface area contributed by atoms with Gasteiger partial charge in [0.1, 0.15) is 17.8 Å². The van der Waals surface area contributed by atoms with Crippen LogP contribution < -0.4 is 5.32 Å². The minimum Gasteiger partial charge on any atom is -0.373 e. The summed E-state index contributed by atoms with van der Waals surface area (Å²) in [6.45, 7) is 0.0875. The Morgan fingerprint density at radius 3 is 2.58 bits per heavy atom. The fraction of sp³-hybridized carbons (Fsp3) is 0.0909. The quantitative estimate of drug-likeness (QED) is 0.678.